The van der Waals surface area contributed by atoms with Gasteiger partial charge in [0, 0.05) is 0 Å². The minimum absolute atomic E-state index is 0.127. The highest BCUT2D eigenvalue weighted by Crippen LogP contribution is 2.12. The highest BCUT2D eigenvalue weighted by molar-refractivity contribution is 5.20. The van der Waals surface area contributed by atoms with Crippen LogP contribution in [-0.4, -0.2) is 17.8 Å². The zero-order chi connectivity index (χ0) is 17.7. The number of unbranched alkanes of at least 4 members (excludes halogenated alkanes) is 5. The van der Waals surface area contributed by atoms with Crippen LogP contribution in [0.2, 0.25) is 0 Å². The molecule has 2 rings (SSSR count). The highest BCUT2D eigenvalue weighted by atomic mass is 127. The molecular weight excluding hydrogens is 423 g/mol. The first-order chi connectivity index (χ1) is 12.3. The summed E-state index contributed by atoms with van der Waals surface area (Å²) in [4.78, 5) is 0. The Bertz CT molecular complexity index is 568. The van der Waals surface area contributed by atoms with Gasteiger partial charge in [-0.3, -0.25) is 0 Å². The fourth-order valence-electron chi connectivity index (χ4n) is 2.63. The molecule has 0 aliphatic carbocycles. The van der Waals surface area contributed by atoms with Crippen LogP contribution >= 0.6 is 0 Å². The molecule has 2 nitrogen and oxygen atoms in total. The van der Waals surface area contributed by atoms with Crippen LogP contribution in [0.5, 0.6) is 5.75 Å². The van der Waals surface area contributed by atoms with Crippen LogP contribution in [0.25, 0.3) is 0 Å². The van der Waals surface area contributed by atoms with E-state index in [9.17, 15) is 5.11 Å². The molecule has 1 atom stereocenters. The third kappa shape index (κ3) is 8.73. The highest BCUT2D eigenvalue weighted by Gasteiger charge is 2.14. The van der Waals surface area contributed by atoms with Crippen LogP contribution in [0.1, 0.15) is 51.9 Å². The van der Waals surface area contributed by atoms with Crippen LogP contribution in [0, 0.1) is 7.14 Å². The number of rotatable bonds is 12. The van der Waals surface area contributed by atoms with Gasteiger partial charge in [0.05, 0.1) is 6.10 Å². The van der Waals surface area contributed by atoms with Gasteiger partial charge in [-0.1, -0.05) is 63.6 Å². The van der Waals surface area contributed by atoms with Crippen molar-refractivity contribution >= 4 is 0 Å². The van der Waals surface area contributed by atoms with Gasteiger partial charge in [-0.2, -0.15) is 0 Å². The maximum absolute atomic E-state index is 10.0. The second-order valence-electron chi connectivity index (χ2n) is 6.37. The molecule has 0 saturated carbocycles. The van der Waals surface area contributed by atoms with Crippen LogP contribution in [0.15, 0.2) is 54.6 Å². The van der Waals surface area contributed by atoms with Crippen molar-refractivity contribution in [2.24, 2.45) is 0 Å². The van der Waals surface area contributed by atoms with Gasteiger partial charge in [0.25, 0.3) is 0 Å². The number of hydrogen-bond acceptors (Lipinski definition) is 2. The van der Waals surface area contributed by atoms with E-state index in [0.717, 1.165) is 18.6 Å². The van der Waals surface area contributed by atoms with E-state index in [0.29, 0.717) is 6.61 Å². The van der Waals surface area contributed by atoms with Gasteiger partial charge in [0.1, 0.15) is 12.4 Å². The molecule has 0 aliphatic rings. The van der Waals surface area contributed by atoms with Crippen LogP contribution < -0.4 is 25.9 Å². The summed E-state index contributed by atoms with van der Waals surface area (Å²) < 4.78 is 8.53. The number of hydrogen-bond donors (Lipinski definition) is 1. The van der Waals surface area contributed by atoms with E-state index < -0.39 is 0 Å². The topological polar surface area (TPSA) is 29.5 Å². The Kier molecular flexibility index (Phi) is 9.97. The second-order valence-corrected chi connectivity index (χ2v) is 9.40. The molecule has 136 valence electrons. The third-order valence-electron chi connectivity index (χ3n) is 4.10. The van der Waals surface area contributed by atoms with E-state index >= 15 is 0 Å². The fraction of sp³-hybridized carbons (Fsp3) is 0.455. The summed E-state index contributed by atoms with van der Waals surface area (Å²) in [5, 5.41) is 10.0. The standard InChI is InChI=1S/C22H30IO2/c1-2-3-4-5-6-10-13-21(24)18-25-22-16-14-20(15-17-22)23-19-11-8-7-9-12-19/h7-9,11-12,14-17,21,24H,2-6,10,13,18H2,1H3/q+1. The summed E-state index contributed by atoms with van der Waals surface area (Å²) in [5.41, 5.74) is 0. The number of aliphatic hydroxyl groups is 1. The van der Waals surface area contributed by atoms with E-state index in [1.165, 1.54) is 39.2 Å². The Hall–Kier alpha value is -1.07. The fourth-order valence-corrected chi connectivity index (χ4v) is 4.85. The molecule has 0 heterocycles. The maximum Gasteiger partial charge on any atom is 0.357 e. The minimum Gasteiger partial charge on any atom is -0.491 e. The van der Waals surface area contributed by atoms with Crippen molar-refractivity contribution in [1.29, 1.82) is 0 Å². The van der Waals surface area contributed by atoms with Crippen molar-refractivity contribution < 1.29 is 31.0 Å². The molecule has 2 aromatic rings. The van der Waals surface area contributed by atoms with Crippen LogP contribution in [-0.2, 0) is 0 Å². The third-order valence-corrected chi connectivity index (χ3v) is 6.78. The Morgan fingerprint density at radius 3 is 2.20 bits per heavy atom. The van der Waals surface area contributed by atoms with Crippen LogP contribution in [0.3, 0.4) is 0 Å². The number of aliphatic hydroxyl groups excluding tert-OH is 1. The number of halogens is 1. The van der Waals surface area contributed by atoms with Gasteiger partial charge in [0.15, 0.2) is 7.14 Å². The molecule has 0 bridgehead atoms. The zero-order valence-corrected chi connectivity index (χ0v) is 17.3. The average Bonchev–Trinajstić information content (AvgIpc) is 2.65. The molecule has 0 saturated heterocycles. The molecule has 1 unspecified atom stereocenters. The van der Waals surface area contributed by atoms with Crippen molar-refractivity contribution in [1.82, 2.24) is 0 Å². The van der Waals surface area contributed by atoms with Crippen molar-refractivity contribution in [2.75, 3.05) is 6.61 Å². The Morgan fingerprint density at radius 1 is 0.840 bits per heavy atom. The summed E-state index contributed by atoms with van der Waals surface area (Å²) in [6.07, 6.45) is 8.00. The molecule has 0 aliphatic heterocycles. The molecule has 3 heteroatoms. The van der Waals surface area contributed by atoms with Crippen molar-refractivity contribution in [3.05, 3.63) is 61.7 Å². The van der Waals surface area contributed by atoms with Gasteiger partial charge >= 0.3 is 21.2 Å². The maximum atomic E-state index is 10.0. The Balaban J connectivity index is 1.64. The Labute approximate surface area is 162 Å². The lowest BCUT2D eigenvalue weighted by Gasteiger charge is -2.12. The smallest absolute Gasteiger partial charge is 0.357 e. The quantitative estimate of drug-likeness (QED) is 0.395. The molecule has 0 aromatic heterocycles. The normalized spacial score (nSPS) is 12.1. The first kappa shape index (κ1) is 20.2. The molecule has 2 aromatic carbocycles. The molecule has 0 amide bonds. The van der Waals surface area contributed by atoms with E-state index in [1.807, 2.05) is 12.1 Å². The van der Waals surface area contributed by atoms with Gasteiger partial charge in [-0.25, -0.2) is 0 Å². The van der Waals surface area contributed by atoms with Gasteiger partial charge in [-0.05, 0) is 42.8 Å². The van der Waals surface area contributed by atoms with Gasteiger partial charge < -0.3 is 9.84 Å². The average molecular weight is 453 g/mol. The van der Waals surface area contributed by atoms with Crippen molar-refractivity contribution in [3.8, 4) is 5.75 Å². The molecule has 0 radical (unpaired) electrons. The second kappa shape index (κ2) is 12.3. The van der Waals surface area contributed by atoms with E-state index in [-0.39, 0.29) is 27.3 Å². The van der Waals surface area contributed by atoms with Crippen molar-refractivity contribution in [3.63, 3.8) is 0 Å². The van der Waals surface area contributed by atoms with Gasteiger partial charge in [0.2, 0.25) is 0 Å². The predicted octanol–water partition coefficient (Wildman–Crippen LogP) is 2.31. The molecular formula is C22H30IO2+. The summed E-state index contributed by atoms with van der Waals surface area (Å²) in [5.74, 6) is 0.850. The minimum atomic E-state index is -0.359. The summed E-state index contributed by atoms with van der Waals surface area (Å²) in [7, 11) is 0. The molecule has 25 heavy (non-hydrogen) atoms. The first-order valence-corrected chi connectivity index (χ1v) is 11.5. The monoisotopic (exact) mass is 453 g/mol. The van der Waals surface area contributed by atoms with E-state index in [1.54, 1.807) is 0 Å². The zero-order valence-electron chi connectivity index (χ0n) is 15.2. The number of benzene rings is 2. The first-order valence-electron chi connectivity index (χ1n) is 9.38. The molecule has 0 fully saturated rings. The van der Waals surface area contributed by atoms with Gasteiger partial charge in [-0.15, -0.1) is 0 Å². The SMILES string of the molecule is CCCCCCCCC(O)COc1ccc([I+]c2ccccc2)cc1. The lowest BCUT2D eigenvalue weighted by molar-refractivity contribution is -0.597. The lowest BCUT2D eigenvalue weighted by Crippen LogP contribution is -3.61. The summed E-state index contributed by atoms with van der Waals surface area (Å²) >= 11 is -0.127. The number of ether oxygens (including phenoxy) is 1. The van der Waals surface area contributed by atoms with E-state index in [2.05, 4.69) is 49.4 Å². The lowest BCUT2D eigenvalue weighted by atomic mass is 10.1. The summed E-state index contributed by atoms with van der Waals surface area (Å²) in [6.45, 7) is 2.62. The Morgan fingerprint density at radius 2 is 1.48 bits per heavy atom. The summed E-state index contributed by atoms with van der Waals surface area (Å²) in [6, 6.07) is 19.0. The van der Waals surface area contributed by atoms with Crippen LogP contribution in [0.4, 0.5) is 0 Å². The van der Waals surface area contributed by atoms with E-state index in [4.69, 9.17) is 4.74 Å². The largest absolute Gasteiger partial charge is 0.491 e. The molecule has 1 N–H and O–H groups in total. The molecule has 0 spiro atoms. The van der Waals surface area contributed by atoms with Crippen molar-refractivity contribution in [2.45, 2.75) is 58.0 Å². The predicted molar refractivity (Wildman–Crippen MR) is 99.8 cm³/mol.